The molecule has 0 unspecified atom stereocenters. The average molecular weight is 398 g/mol. The van der Waals surface area contributed by atoms with Crippen LogP contribution in [0.1, 0.15) is 17.5 Å². The molecule has 0 N–H and O–H groups in total. The topological polar surface area (TPSA) is 45.7 Å². The van der Waals surface area contributed by atoms with Gasteiger partial charge in [0, 0.05) is 6.54 Å². The highest BCUT2D eigenvalue weighted by Gasteiger charge is 2.21. The molecule has 1 aromatic heterocycles. The maximum absolute atomic E-state index is 13.0. The molecule has 0 atom stereocenters. The number of thiazole rings is 1. The maximum atomic E-state index is 13.0. The number of carbonyl (C=O) groups is 1. The fraction of sp³-hybridized carbons (Fsp3) is 0.364. The summed E-state index contributed by atoms with van der Waals surface area (Å²) < 4.78 is 6.79. The molecular formula is C22H27N3O2S. The smallest absolute Gasteiger partial charge is 0.266 e. The minimum atomic E-state index is -0.0731. The van der Waals surface area contributed by atoms with Crippen LogP contribution in [0.5, 0.6) is 5.75 Å². The van der Waals surface area contributed by atoms with Crippen molar-refractivity contribution >= 4 is 32.6 Å². The molecule has 0 radical (unpaired) electrons. The van der Waals surface area contributed by atoms with E-state index in [1.165, 1.54) is 11.1 Å². The van der Waals surface area contributed by atoms with Gasteiger partial charge < -0.3 is 9.64 Å². The molecule has 0 spiro atoms. The molecule has 0 saturated carbocycles. The van der Waals surface area contributed by atoms with E-state index in [0.29, 0.717) is 12.3 Å². The van der Waals surface area contributed by atoms with Crippen LogP contribution in [0.4, 0.5) is 5.13 Å². The van der Waals surface area contributed by atoms with Gasteiger partial charge in [-0.2, -0.15) is 0 Å². The lowest BCUT2D eigenvalue weighted by atomic mass is 10.1. The molecule has 28 heavy (non-hydrogen) atoms. The lowest BCUT2D eigenvalue weighted by Gasteiger charge is -2.21. The van der Waals surface area contributed by atoms with Gasteiger partial charge in [-0.25, -0.2) is 4.98 Å². The monoisotopic (exact) mass is 397 g/mol. The first-order valence-corrected chi connectivity index (χ1v) is 10.3. The van der Waals surface area contributed by atoms with Crippen LogP contribution < -0.4 is 9.64 Å². The Morgan fingerprint density at radius 3 is 2.54 bits per heavy atom. The van der Waals surface area contributed by atoms with Crippen molar-refractivity contribution in [2.45, 2.75) is 20.3 Å². The van der Waals surface area contributed by atoms with E-state index in [2.05, 4.69) is 30.9 Å². The van der Waals surface area contributed by atoms with Crippen LogP contribution in [0.25, 0.3) is 10.2 Å². The van der Waals surface area contributed by atoms with Gasteiger partial charge in [-0.15, -0.1) is 0 Å². The Morgan fingerprint density at radius 2 is 1.82 bits per heavy atom. The van der Waals surface area contributed by atoms with Gasteiger partial charge in [-0.3, -0.25) is 9.69 Å². The number of hydrogen-bond donors (Lipinski definition) is 0. The second-order valence-electron chi connectivity index (χ2n) is 7.15. The van der Waals surface area contributed by atoms with Crippen LogP contribution >= 0.6 is 11.3 Å². The third-order valence-corrected chi connectivity index (χ3v) is 5.74. The molecule has 6 heteroatoms. The Hall–Kier alpha value is -2.44. The molecule has 0 saturated heterocycles. The van der Waals surface area contributed by atoms with Gasteiger partial charge in [0.15, 0.2) is 11.7 Å². The van der Waals surface area contributed by atoms with Crippen LogP contribution in [0.3, 0.4) is 0 Å². The molecular weight excluding hydrogens is 370 g/mol. The minimum Gasteiger partial charge on any atom is -0.484 e. The van der Waals surface area contributed by atoms with Crippen LogP contribution in [0.2, 0.25) is 0 Å². The largest absolute Gasteiger partial charge is 0.484 e. The van der Waals surface area contributed by atoms with Crippen LogP contribution in [0, 0.1) is 13.8 Å². The number of amides is 1. The number of hydrogen-bond acceptors (Lipinski definition) is 5. The maximum Gasteiger partial charge on any atom is 0.266 e. The quantitative estimate of drug-likeness (QED) is 0.569. The van der Waals surface area contributed by atoms with E-state index in [0.717, 1.165) is 28.3 Å². The molecule has 148 valence electrons. The number of aromatic nitrogens is 1. The van der Waals surface area contributed by atoms with Crippen molar-refractivity contribution in [3.8, 4) is 5.75 Å². The van der Waals surface area contributed by atoms with Gasteiger partial charge >= 0.3 is 0 Å². The Bertz CT molecular complexity index is 938. The predicted molar refractivity (Wildman–Crippen MR) is 117 cm³/mol. The Morgan fingerprint density at radius 1 is 1.07 bits per heavy atom. The number of ether oxygens (including phenoxy) is 1. The number of aryl methyl sites for hydroxylation is 2. The van der Waals surface area contributed by atoms with E-state index in [1.54, 1.807) is 16.2 Å². The molecule has 0 aliphatic carbocycles. The predicted octanol–water partition coefficient (Wildman–Crippen LogP) is 4.28. The molecule has 1 amide bonds. The van der Waals surface area contributed by atoms with Gasteiger partial charge in [0.1, 0.15) is 5.75 Å². The summed E-state index contributed by atoms with van der Waals surface area (Å²) in [6.07, 6.45) is 0.873. The third-order valence-electron chi connectivity index (χ3n) is 4.70. The summed E-state index contributed by atoms with van der Waals surface area (Å²) in [6.45, 7) is 5.69. The lowest BCUT2D eigenvalue weighted by Crippen LogP contribution is -2.36. The first-order chi connectivity index (χ1) is 13.5. The molecule has 0 bridgehead atoms. The number of para-hydroxylation sites is 1. The van der Waals surface area contributed by atoms with Crippen LogP contribution in [0.15, 0.2) is 42.5 Å². The zero-order chi connectivity index (χ0) is 20.1. The molecule has 0 aliphatic heterocycles. The van der Waals surface area contributed by atoms with Crippen molar-refractivity contribution in [3.05, 3.63) is 53.6 Å². The van der Waals surface area contributed by atoms with E-state index in [-0.39, 0.29) is 12.5 Å². The number of nitrogens with zero attached hydrogens (tertiary/aromatic N) is 3. The molecule has 0 aliphatic rings. The molecule has 3 rings (SSSR count). The summed E-state index contributed by atoms with van der Waals surface area (Å²) in [7, 11) is 4.07. The summed E-state index contributed by atoms with van der Waals surface area (Å²) >= 11 is 1.56. The van der Waals surface area contributed by atoms with Crippen LogP contribution in [-0.2, 0) is 4.79 Å². The number of anilines is 1. The number of carbonyl (C=O) groups excluding carboxylic acids is 1. The molecule has 0 fully saturated rings. The summed E-state index contributed by atoms with van der Waals surface area (Å²) in [6, 6.07) is 13.6. The molecule has 3 aromatic rings. The molecule has 1 heterocycles. The van der Waals surface area contributed by atoms with E-state index in [4.69, 9.17) is 9.72 Å². The number of benzene rings is 2. The van der Waals surface area contributed by atoms with E-state index in [9.17, 15) is 4.79 Å². The standard InChI is InChI=1S/C22H27N3O2S/c1-16-11-12-19-21(17(16)2)23-22(28-19)25(14-8-13-24(3)4)20(26)15-27-18-9-6-5-7-10-18/h5-7,9-12H,8,13-15H2,1-4H3. The Balaban J connectivity index is 1.81. The van der Waals surface area contributed by atoms with Crippen molar-refractivity contribution in [3.63, 3.8) is 0 Å². The third kappa shape index (κ3) is 4.88. The van der Waals surface area contributed by atoms with Gasteiger partial charge in [0.05, 0.1) is 10.2 Å². The second kappa shape index (κ2) is 9.17. The summed E-state index contributed by atoms with van der Waals surface area (Å²) in [5.41, 5.74) is 3.36. The van der Waals surface area contributed by atoms with Gasteiger partial charge in [0.25, 0.3) is 5.91 Å². The zero-order valence-electron chi connectivity index (χ0n) is 16.9. The van der Waals surface area contributed by atoms with Crippen molar-refractivity contribution < 1.29 is 9.53 Å². The number of rotatable bonds is 8. The molecule has 5 nitrogen and oxygen atoms in total. The molecule has 2 aromatic carbocycles. The normalized spacial score (nSPS) is 11.2. The van der Waals surface area contributed by atoms with E-state index >= 15 is 0 Å². The summed E-state index contributed by atoms with van der Waals surface area (Å²) in [4.78, 5) is 21.7. The van der Waals surface area contributed by atoms with Gasteiger partial charge in [-0.05, 0) is 70.2 Å². The first-order valence-electron chi connectivity index (χ1n) is 9.45. The fourth-order valence-corrected chi connectivity index (χ4v) is 4.01. The highest BCUT2D eigenvalue weighted by Crippen LogP contribution is 2.32. The van der Waals surface area contributed by atoms with Crippen molar-refractivity contribution in [1.29, 1.82) is 0 Å². The average Bonchev–Trinajstić information content (AvgIpc) is 3.11. The SMILES string of the molecule is Cc1ccc2sc(N(CCCN(C)C)C(=O)COc3ccccc3)nc2c1C. The van der Waals surface area contributed by atoms with Crippen molar-refractivity contribution in [2.24, 2.45) is 0 Å². The highest BCUT2D eigenvalue weighted by atomic mass is 32.1. The first kappa shape index (κ1) is 20.3. The highest BCUT2D eigenvalue weighted by molar-refractivity contribution is 7.22. The Labute approximate surface area is 170 Å². The fourth-order valence-electron chi connectivity index (χ4n) is 2.94. The second-order valence-corrected chi connectivity index (χ2v) is 8.16. The van der Waals surface area contributed by atoms with Gasteiger partial charge in [-0.1, -0.05) is 35.6 Å². The van der Waals surface area contributed by atoms with Crippen LogP contribution in [-0.4, -0.2) is 49.6 Å². The summed E-state index contributed by atoms with van der Waals surface area (Å²) in [5, 5.41) is 0.740. The van der Waals surface area contributed by atoms with Crippen molar-refractivity contribution in [1.82, 2.24) is 9.88 Å². The minimum absolute atomic E-state index is 0.0000865. The van der Waals surface area contributed by atoms with Gasteiger partial charge in [0.2, 0.25) is 0 Å². The Kier molecular flexibility index (Phi) is 6.65. The lowest BCUT2D eigenvalue weighted by molar-refractivity contribution is -0.120. The zero-order valence-corrected chi connectivity index (χ0v) is 17.8. The van der Waals surface area contributed by atoms with E-state index < -0.39 is 0 Å². The van der Waals surface area contributed by atoms with Crippen molar-refractivity contribution in [2.75, 3.05) is 38.7 Å². The summed E-state index contributed by atoms with van der Waals surface area (Å²) in [5.74, 6) is 0.621. The number of fused-ring (bicyclic) bond motifs is 1. The van der Waals surface area contributed by atoms with E-state index in [1.807, 2.05) is 44.4 Å².